The Morgan fingerprint density at radius 1 is 1.16 bits per heavy atom. The molecule has 12 heteroatoms. The Morgan fingerprint density at radius 2 is 1.72 bits per heavy atom. The molecule has 146 valence electrons. The third-order valence-corrected chi connectivity index (χ3v) is 4.11. The van der Waals surface area contributed by atoms with Crippen molar-refractivity contribution in [3.63, 3.8) is 0 Å². The van der Waals surface area contributed by atoms with Gasteiger partial charge in [0.2, 0.25) is 11.8 Å². The molecular weight excluding hydrogens is 357 g/mol. The first-order valence-corrected chi connectivity index (χ1v) is 9.41. The van der Waals surface area contributed by atoms with E-state index in [1.807, 2.05) is 0 Å². The van der Waals surface area contributed by atoms with Crippen LogP contribution in [0.15, 0.2) is 0 Å². The zero-order chi connectivity index (χ0) is 19.8. The van der Waals surface area contributed by atoms with Gasteiger partial charge in [0, 0.05) is 13.0 Å². The summed E-state index contributed by atoms with van der Waals surface area (Å²) in [6, 6.07) is -2.09. The van der Waals surface area contributed by atoms with Gasteiger partial charge in [-0.05, 0) is 12.3 Å². The number of carboxylic acid groups (broad SMARTS) is 1. The summed E-state index contributed by atoms with van der Waals surface area (Å²) in [5.74, 6) is -2.78. The Labute approximate surface area is 145 Å². The van der Waals surface area contributed by atoms with Crippen LogP contribution in [-0.4, -0.2) is 68.7 Å². The molecule has 0 aromatic heterocycles. The number of carboxylic acids is 1. The zero-order valence-corrected chi connectivity index (χ0v) is 15.0. The lowest BCUT2D eigenvalue weighted by Crippen LogP contribution is -2.54. The molecular formula is C13H26N3O8P. The fourth-order valence-corrected chi connectivity index (χ4v) is 2.55. The van der Waals surface area contributed by atoms with E-state index in [0.717, 1.165) is 0 Å². The summed E-state index contributed by atoms with van der Waals surface area (Å²) in [7, 11) is -4.41. The lowest BCUT2D eigenvalue weighted by Gasteiger charge is -2.24. The second-order valence-electron chi connectivity index (χ2n) is 6.02. The minimum Gasteiger partial charge on any atom is -0.481 e. The van der Waals surface area contributed by atoms with Crippen LogP contribution in [0.4, 0.5) is 0 Å². The van der Waals surface area contributed by atoms with Gasteiger partial charge in [-0.1, -0.05) is 13.8 Å². The van der Waals surface area contributed by atoms with Crippen molar-refractivity contribution in [1.29, 1.82) is 0 Å². The molecule has 3 atom stereocenters. The van der Waals surface area contributed by atoms with Gasteiger partial charge in [0.15, 0.2) is 0 Å². The summed E-state index contributed by atoms with van der Waals surface area (Å²) in [6.07, 6.45) is -2.62. The number of aliphatic hydroxyl groups is 1. The Balaban J connectivity index is 4.62. The van der Waals surface area contributed by atoms with Crippen molar-refractivity contribution in [3.8, 4) is 0 Å². The van der Waals surface area contributed by atoms with Crippen LogP contribution in [0.2, 0.25) is 0 Å². The number of aliphatic hydroxyl groups excluding tert-OH is 1. The first-order chi connectivity index (χ1) is 11.3. The smallest absolute Gasteiger partial charge is 0.328 e. The molecule has 8 N–H and O–H groups in total. The lowest BCUT2D eigenvalue weighted by atomic mass is 10.0. The maximum absolute atomic E-state index is 12.1. The highest BCUT2D eigenvalue weighted by atomic mass is 31.2. The van der Waals surface area contributed by atoms with Crippen molar-refractivity contribution in [3.05, 3.63) is 0 Å². The number of hydrogen-bond acceptors (Lipinski definition) is 6. The molecule has 0 radical (unpaired) electrons. The van der Waals surface area contributed by atoms with E-state index in [4.69, 9.17) is 20.6 Å². The Kier molecular flexibility index (Phi) is 9.83. The Bertz CT molecular complexity index is 521. The number of nitrogens with one attached hydrogen (secondary N) is 2. The van der Waals surface area contributed by atoms with E-state index >= 15 is 0 Å². The van der Waals surface area contributed by atoms with E-state index < -0.39 is 56.3 Å². The SMILES string of the molecule is CC(C)[C@H](NC(=O)[C@@H](N)CCC(=O)O)C(=O)NCC(O)CP(=O)(O)O. The van der Waals surface area contributed by atoms with Gasteiger partial charge >= 0.3 is 13.6 Å². The molecule has 0 saturated carbocycles. The van der Waals surface area contributed by atoms with Crippen molar-refractivity contribution in [2.45, 2.75) is 44.9 Å². The molecule has 0 heterocycles. The number of nitrogens with two attached hydrogens (primary N) is 1. The Morgan fingerprint density at radius 3 is 2.16 bits per heavy atom. The number of aliphatic carboxylic acids is 1. The highest BCUT2D eigenvalue weighted by Gasteiger charge is 2.27. The van der Waals surface area contributed by atoms with Gasteiger partial charge in [-0.25, -0.2) is 0 Å². The minimum absolute atomic E-state index is 0.0887. The topological polar surface area (TPSA) is 199 Å². The molecule has 0 aliphatic carbocycles. The van der Waals surface area contributed by atoms with Crippen LogP contribution in [0.5, 0.6) is 0 Å². The van der Waals surface area contributed by atoms with E-state index in [-0.39, 0.29) is 18.8 Å². The lowest BCUT2D eigenvalue weighted by molar-refractivity contribution is -0.137. The fraction of sp³-hybridized carbons (Fsp3) is 0.769. The molecule has 0 aliphatic heterocycles. The molecule has 11 nitrogen and oxygen atoms in total. The van der Waals surface area contributed by atoms with E-state index in [2.05, 4.69) is 10.6 Å². The van der Waals surface area contributed by atoms with Crippen LogP contribution < -0.4 is 16.4 Å². The average molecular weight is 383 g/mol. The molecule has 0 aliphatic rings. The standard InChI is InChI=1S/C13H26N3O8P/c1-7(2)11(16-12(20)9(14)3-4-10(18)19)13(21)15-5-8(17)6-25(22,23)24/h7-9,11,17H,3-6,14H2,1-2H3,(H,15,21)(H,16,20)(H,18,19)(H2,22,23,24)/t8?,9-,11-/m0/s1. The molecule has 0 spiro atoms. The summed E-state index contributed by atoms with van der Waals surface area (Å²) >= 11 is 0. The monoisotopic (exact) mass is 383 g/mol. The van der Waals surface area contributed by atoms with Crippen LogP contribution in [0, 0.1) is 5.92 Å². The molecule has 0 fully saturated rings. The number of carbonyl (C=O) groups is 3. The van der Waals surface area contributed by atoms with Crippen LogP contribution in [0.3, 0.4) is 0 Å². The predicted molar refractivity (Wildman–Crippen MR) is 87.5 cm³/mol. The normalized spacial score (nSPS) is 15.3. The van der Waals surface area contributed by atoms with Crippen molar-refractivity contribution in [2.24, 2.45) is 11.7 Å². The van der Waals surface area contributed by atoms with E-state index in [1.54, 1.807) is 13.8 Å². The van der Waals surface area contributed by atoms with E-state index in [9.17, 15) is 24.1 Å². The minimum atomic E-state index is -4.41. The maximum Gasteiger partial charge on any atom is 0.328 e. The molecule has 0 aromatic rings. The van der Waals surface area contributed by atoms with E-state index in [1.165, 1.54) is 0 Å². The van der Waals surface area contributed by atoms with Crippen LogP contribution in [0.25, 0.3) is 0 Å². The molecule has 0 saturated heterocycles. The second kappa shape index (κ2) is 10.5. The van der Waals surface area contributed by atoms with Crippen LogP contribution >= 0.6 is 7.60 Å². The van der Waals surface area contributed by atoms with Gasteiger partial charge < -0.3 is 36.4 Å². The Hall–Kier alpha value is -1.52. The van der Waals surface area contributed by atoms with Crippen LogP contribution in [-0.2, 0) is 18.9 Å². The predicted octanol–water partition coefficient (Wildman–Crippen LogP) is -2.03. The first kappa shape index (κ1) is 23.5. The summed E-state index contributed by atoms with van der Waals surface area (Å²) in [4.78, 5) is 52.0. The highest BCUT2D eigenvalue weighted by molar-refractivity contribution is 7.51. The molecule has 0 rings (SSSR count). The largest absolute Gasteiger partial charge is 0.481 e. The van der Waals surface area contributed by atoms with Gasteiger partial charge in [-0.3, -0.25) is 18.9 Å². The summed E-state index contributed by atoms with van der Waals surface area (Å²) in [5.41, 5.74) is 5.57. The molecule has 0 aromatic carbocycles. The number of carbonyl (C=O) groups excluding carboxylic acids is 2. The van der Waals surface area contributed by atoms with Crippen molar-refractivity contribution >= 4 is 25.4 Å². The third kappa shape index (κ3) is 10.8. The highest BCUT2D eigenvalue weighted by Crippen LogP contribution is 2.34. The first-order valence-electron chi connectivity index (χ1n) is 7.61. The molecule has 1 unspecified atom stereocenters. The quantitative estimate of drug-likeness (QED) is 0.197. The van der Waals surface area contributed by atoms with Crippen molar-refractivity contribution < 1.29 is 38.9 Å². The number of rotatable bonds is 11. The number of hydrogen-bond donors (Lipinski definition) is 7. The van der Waals surface area contributed by atoms with Crippen molar-refractivity contribution in [1.82, 2.24) is 10.6 Å². The summed E-state index contributed by atoms with van der Waals surface area (Å²) < 4.78 is 10.8. The fourth-order valence-electron chi connectivity index (χ4n) is 1.87. The zero-order valence-electron chi connectivity index (χ0n) is 14.1. The van der Waals surface area contributed by atoms with E-state index in [0.29, 0.717) is 0 Å². The average Bonchev–Trinajstić information content (AvgIpc) is 2.45. The molecule has 0 bridgehead atoms. The third-order valence-electron chi connectivity index (χ3n) is 3.21. The number of amides is 2. The van der Waals surface area contributed by atoms with Gasteiger partial charge in [0.05, 0.1) is 18.3 Å². The van der Waals surface area contributed by atoms with Gasteiger partial charge in [-0.2, -0.15) is 0 Å². The molecule has 25 heavy (non-hydrogen) atoms. The van der Waals surface area contributed by atoms with Crippen molar-refractivity contribution in [2.75, 3.05) is 12.7 Å². The summed E-state index contributed by atoms with van der Waals surface area (Å²) in [6.45, 7) is 2.91. The van der Waals surface area contributed by atoms with Gasteiger partial charge in [-0.15, -0.1) is 0 Å². The molecule has 2 amide bonds. The van der Waals surface area contributed by atoms with Gasteiger partial charge in [0.25, 0.3) is 0 Å². The maximum atomic E-state index is 12.1. The van der Waals surface area contributed by atoms with Gasteiger partial charge in [0.1, 0.15) is 6.04 Å². The van der Waals surface area contributed by atoms with Crippen LogP contribution in [0.1, 0.15) is 26.7 Å². The second-order valence-corrected chi connectivity index (χ2v) is 7.71. The summed E-state index contributed by atoms with van der Waals surface area (Å²) in [5, 5.41) is 22.8.